The molecule has 1 saturated carbocycles. The Morgan fingerprint density at radius 3 is 2.36 bits per heavy atom. The Kier molecular flexibility index (Phi) is 8.00. The molecule has 1 aromatic carbocycles. The Labute approximate surface area is 196 Å². The summed E-state index contributed by atoms with van der Waals surface area (Å²) in [5.41, 5.74) is 1.56. The molecule has 1 aromatic heterocycles. The van der Waals surface area contributed by atoms with E-state index in [-0.39, 0.29) is 36.3 Å². The summed E-state index contributed by atoms with van der Waals surface area (Å²) in [6.07, 6.45) is 2.39. The molecule has 1 aliphatic rings. The van der Waals surface area contributed by atoms with E-state index in [9.17, 15) is 9.59 Å². The van der Waals surface area contributed by atoms with Crippen LogP contribution in [-0.4, -0.2) is 34.1 Å². The lowest BCUT2D eigenvalue weighted by Crippen LogP contribution is -2.35. The summed E-state index contributed by atoms with van der Waals surface area (Å²) in [6.45, 7) is 10.2. The van der Waals surface area contributed by atoms with Crippen LogP contribution in [0.25, 0.3) is 0 Å². The highest BCUT2D eigenvalue weighted by Crippen LogP contribution is 2.35. The van der Waals surface area contributed by atoms with Crippen LogP contribution in [0.5, 0.6) is 0 Å². The van der Waals surface area contributed by atoms with Gasteiger partial charge in [0.05, 0.1) is 11.2 Å². The number of hydrogen-bond donors (Lipinski definition) is 2. The maximum atomic E-state index is 12.4. The molecule has 1 fully saturated rings. The number of anilines is 1. The predicted molar refractivity (Wildman–Crippen MR) is 127 cm³/mol. The summed E-state index contributed by atoms with van der Waals surface area (Å²) in [5.74, 6) is 0.868. The first-order valence-corrected chi connectivity index (χ1v) is 11.7. The highest BCUT2D eigenvalue weighted by molar-refractivity contribution is 5.83. The summed E-state index contributed by atoms with van der Waals surface area (Å²) in [7, 11) is 0. The molecule has 0 radical (unpaired) electrons. The number of aromatic nitrogens is 2. The van der Waals surface area contributed by atoms with E-state index >= 15 is 0 Å². The van der Waals surface area contributed by atoms with Crippen LogP contribution in [-0.2, 0) is 21.6 Å². The average molecular weight is 457 g/mol. The number of rotatable bonds is 6. The van der Waals surface area contributed by atoms with Crippen molar-refractivity contribution in [2.45, 2.75) is 90.5 Å². The van der Waals surface area contributed by atoms with Gasteiger partial charge >= 0.3 is 12.2 Å². The molecule has 33 heavy (non-hydrogen) atoms. The highest BCUT2D eigenvalue weighted by Gasteiger charge is 2.29. The van der Waals surface area contributed by atoms with Crippen LogP contribution >= 0.6 is 0 Å². The van der Waals surface area contributed by atoms with E-state index in [4.69, 9.17) is 14.6 Å². The summed E-state index contributed by atoms with van der Waals surface area (Å²) >= 11 is 0. The van der Waals surface area contributed by atoms with Gasteiger partial charge in [-0.3, -0.25) is 5.32 Å². The lowest BCUT2D eigenvalue weighted by Gasteiger charge is -2.28. The van der Waals surface area contributed by atoms with Crippen LogP contribution in [0.4, 0.5) is 15.4 Å². The number of alkyl carbamates (subject to hydrolysis) is 1. The van der Waals surface area contributed by atoms with Gasteiger partial charge in [-0.1, -0.05) is 30.3 Å². The molecule has 8 nitrogen and oxygen atoms in total. The van der Waals surface area contributed by atoms with Gasteiger partial charge in [-0.15, -0.1) is 0 Å². The molecular formula is C25H36N4O4. The summed E-state index contributed by atoms with van der Waals surface area (Å²) in [5, 5.41) is 10.5. The van der Waals surface area contributed by atoms with Gasteiger partial charge in [0.25, 0.3) is 0 Å². The molecule has 1 heterocycles. The standard InChI is InChI=1S/C25H36N4O4/c1-17(2)26-24(31)33-20-13-11-19(12-14-20)21-15-22(29(28-21)25(3,4)5)27-23(30)32-16-18-9-7-6-8-10-18/h6-10,15,17,19-20H,11-14,16H2,1-5H3,(H,26,31)(H,27,30). The number of hydrogen-bond acceptors (Lipinski definition) is 5. The van der Waals surface area contributed by atoms with Crippen molar-refractivity contribution in [2.24, 2.45) is 0 Å². The fourth-order valence-electron chi connectivity index (χ4n) is 3.96. The predicted octanol–water partition coefficient (Wildman–Crippen LogP) is 5.55. The Morgan fingerprint density at radius 1 is 1.09 bits per heavy atom. The SMILES string of the molecule is CC(C)NC(=O)OC1CCC(c2cc(NC(=O)OCc3ccccc3)n(C(C)(C)C)n2)CC1. The molecule has 0 spiro atoms. The molecule has 2 N–H and O–H groups in total. The third-order valence-corrected chi connectivity index (χ3v) is 5.58. The van der Waals surface area contributed by atoms with E-state index in [1.165, 1.54) is 0 Å². The summed E-state index contributed by atoms with van der Waals surface area (Å²) in [6, 6.07) is 11.6. The van der Waals surface area contributed by atoms with Crippen molar-refractivity contribution in [3.63, 3.8) is 0 Å². The van der Waals surface area contributed by atoms with Crippen LogP contribution < -0.4 is 10.6 Å². The van der Waals surface area contributed by atoms with Crippen LogP contribution in [0, 0.1) is 0 Å². The van der Waals surface area contributed by atoms with Gasteiger partial charge in [0, 0.05) is 18.0 Å². The van der Waals surface area contributed by atoms with Gasteiger partial charge in [0.1, 0.15) is 18.5 Å². The molecule has 0 bridgehead atoms. The number of carbonyl (C=O) groups is 2. The zero-order valence-corrected chi connectivity index (χ0v) is 20.3. The lowest BCUT2D eigenvalue weighted by atomic mass is 9.85. The summed E-state index contributed by atoms with van der Waals surface area (Å²) < 4.78 is 12.8. The zero-order valence-electron chi connectivity index (χ0n) is 20.3. The van der Waals surface area contributed by atoms with Crippen molar-refractivity contribution in [1.29, 1.82) is 0 Å². The van der Waals surface area contributed by atoms with Crippen molar-refractivity contribution in [3.05, 3.63) is 47.7 Å². The Morgan fingerprint density at radius 2 is 1.76 bits per heavy atom. The van der Waals surface area contributed by atoms with Crippen molar-refractivity contribution in [2.75, 3.05) is 5.32 Å². The van der Waals surface area contributed by atoms with Crippen molar-refractivity contribution < 1.29 is 19.1 Å². The van der Waals surface area contributed by atoms with Crippen LogP contribution in [0.15, 0.2) is 36.4 Å². The highest BCUT2D eigenvalue weighted by atomic mass is 16.6. The number of carbonyl (C=O) groups excluding carboxylic acids is 2. The minimum Gasteiger partial charge on any atom is -0.446 e. The normalized spacial score (nSPS) is 18.6. The van der Waals surface area contributed by atoms with Crippen LogP contribution in [0.1, 0.15) is 77.5 Å². The molecule has 0 saturated heterocycles. The van der Waals surface area contributed by atoms with Gasteiger partial charge in [-0.2, -0.15) is 5.10 Å². The minimum absolute atomic E-state index is 0.0560. The zero-order chi connectivity index (χ0) is 24.0. The molecule has 2 aromatic rings. The fourth-order valence-corrected chi connectivity index (χ4v) is 3.96. The molecule has 180 valence electrons. The molecule has 0 unspecified atom stereocenters. The second-order valence-electron chi connectivity index (χ2n) is 9.90. The smallest absolute Gasteiger partial charge is 0.413 e. The topological polar surface area (TPSA) is 94.5 Å². The van der Waals surface area contributed by atoms with E-state index in [1.807, 2.05) is 75.7 Å². The second-order valence-corrected chi connectivity index (χ2v) is 9.90. The molecule has 0 aliphatic heterocycles. The second kappa shape index (κ2) is 10.7. The van der Waals surface area contributed by atoms with E-state index in [0.717, 1.165) is 36.9 Å². The van der Waals surface area contributed by atoms with Crippen molar-refractivity contribution in [3.8, 4) is 0 Å². The molecular weight excluding hydrogens is 420 g/mol. The Hall–Kier alpha value is -3.03. The fraction of sp³-hybridized carbons (Fsp3) is 0.560. The number of benzene rings is 1. The van der Waals surface area contributed by atoms with Gasteiger partial charge in [-0.25, -0.2) is 14.3 Å². The largest absolute Gasteiger partial charge is 0.446 e. The van der Waals surface area contributed by atoms with E-state index in [1.54, 1.807) is 0 Å². The van der Waals surface area contributed by atoms with Gasteiger partial charge < -0.3 is 14.8 Å². The van der Waals surface area contributed by atoms with E-state index in [2.05, 4.69) is 10.6 Å². The van der Waals surface area contributed by atoms with Crippen LogP contribution in [0.2, 0.25) is 0 Å². The molecule has 8 heteroatoms. The number of nitrogens with zero attached hydrogens (tertiary/aromatic N) is 2. The van der Waals surface area contributed by atoms with Gasteiger partial charge in [0.15, 0.2) is 0 Å². The third-order valence-electron chi connectivity index (χ3n) is 5.58. The minimum atomic E-state index is -0.510. The van der Waals surface area contributed by atoms with Crippen LogP contribution in [0.3, 0.4) is 0 Å². The first-order valence-electron chi connectivity index (χ1n) is 11.7. The molecule has 0 atom stereocenters. The average Bonchev–Trinajstić information content (AvgIpc) is 3.17. The number of amides is 2. The first kappa shape index (κ1) is 24.6. The Bertz CT molecular complexity index is 926. The molecule has 2 amide bonds. The van der Waals surface area contributed by atoms with Gasteiger partial charge in [-0.05, 0) is 65.9 Å². The van der Waals surface area contributed by atoms with Gasteiger partial charge in [0.2, 0.25) is 0 Å². The maximum absolute atomic E-state index is 12.4. The van der Waals surface area contributed by atoms with Crippen molar-refractivity contribution in [1.82, 2.24) is 15.1 Å². The van der Waals surface area contributed by atoms with E-state index in [0.29, 0.717) is 5.82 Å². The summed E-state index contributed by atoms with van der Waals surface area (Å²) in [4.78, 5) is 24.3. The first-order chi connectivity index (χ1) is 15.6. The molecule has 1 aliphatic carbocycles. The van der Waals surface area contributed by atoms with Crippen molar-refractivity contribution >= 4 is 18.0 Å². The molecule has 3 rings (SSSR count). The number of nitrogens with one attached hydrogen (secondary N) is 2. The maximum Gasteiger partial charge on any atom is 0.413 e. The Balaban J connectivity index is 1.61. The third kappa shape index (κ3) is 7.23. The number of ether oxygens (including phenoxy) is 2. The lowest BCUT2D eigenvalue weighted by molar-refractivity contribution is 0.0696. The quantitative estimate of drug-likeness (QED) is 0.594. The monoisotopic (exact) mass is 456 g/mol. The van der Waals surface area contributed by atoms with E-state index < -0.39 is 6.09 Å².